The molecule has 1 saturated carbocycles. The molecule has 8 heteroatoms. The molecule has 3 aromatic heterocycles. The maximum absolute atomic E-state index is 14.4. The molecule has 2 aliphatic rings. The summed E-state index contributed by atoms with van der Waals surface area (Å²) in [6.45, 7) is 7.20. The number of nitrogens with zero attached hydrogens (tertiary/aromatic N) is 5. The molecule has 0 amide bonds. The highest BCUT2D eigenvalue weighted by molar-refractivity contribution is 5.90. The van der Waals surface area contributed by atoms with Gasteiger partial charge in [0.1, 0.15) is 17.5 Å². The minimum atomic E-state index is -0.640. The Hall–Kier alpha value is -3.26. The summed E-state index contributed by atoms with van der Waals surface area (Å²) >= 11 is 0. The van der Waals surface area contributed by atoms with Crippen LogP contribution < -0.4 is 0 Å². The molecule has 0 radical (unpaired) electrons. The van der Waals surface area contributed by atoms with Crippen LogP contribution in [0.1, 0.15) is 63.0 Å². The van der Waals surface area contributed by atoms with Crippen LogP contribution in [0, 0.1) is 18.6 Å². The van der Waals surface area contributed by atoms with E-state index in [1.165, 1.54) is 25.0 Å². The van der Waals surface area contributed by atoms with Crippen molar-refractivity contribution in [3.8, 4) is 11.3 Å². The zero-order chi connectivity index (χ0) is 24.8. The molecule has 0 bridgehead atoms. The van der Waals surface area contributed by atoms with Gasteiger partial charge in [0.15, 0.2) is 5.65 Å². The van der Waals surface area contributed by atoms with Gasteiger partial charge in [-0.25, -0.2) is 23.7 Å². The molecule has 184 valence electrons. The third-order valence-electron chi connectivity index (χ3n) is 5.93. The number of hydrogen-bond acceptors (Lipinski definition) is 5. The van der Waals surface area contributed by atoms with E-state index in [2.05, 4.69) is 20.1 Å². The monoisotopic (exact) mass is 479 g/mol. The Morgan fingerprint density at radius 3 is 2.37 bits per heavy atom. The van der Waals surface area contributed by atoms with E-state index in [-0.39, 0.29) is 11.5 Å². The van der Waals surface area contributed by atoms with Gasteiger partial charge < -0.3 is 4.74 Å². The van der Waals surface area contributed by atoms with Crippen molar-refractivity contribution in [3.63, 3.8) is 0 Å². The molecule has 1 saturated heterocycles. The predicted octanol–water partition coefficient (Wildman–Crippen LogP) is 6.42. The molecule has 4 aromatic rings. The van der Waals surface area contributed by atoms with E-state index in [4.69, 9.17) is 4.74 Å². The van der Waals surface area contributed by atoms with Crippen LogP contribution in [0.5, 0.6) is 0 Å². The maximum atomic E-state index is 14.4. The largest absolute Gasteiger partial charge is 0.381 e. The lowest BCUT2D eigenvalue weighted by Crippen LogP contribution is -2.17. The third kappa shape index (κ3) is 6.06. The molecular weight excluding hydrogens is 448 g/mol. The number of pyridine rings is 1. The second kappa shape index (κ2) is 11.4. The van der Waals surface area contributed by atoms with Crippen LogP contribution in [-0.2, 0) is 4.74 Å². The van der Waals surface area contributed by atoms with Crippen LogP contribution in [0.2, 0.25) is 0 Å². The fourth-order valence-corrected chi connectivity index (χ4v) is 3.98. The average Bonchev–Trinajstić information content (AvgIpc) is 3.59. The molecule has 1 aromatic carbocycles. The normalized spacial score (nSPS) is 15.7. The smallest absolute Gasteiger partial charge is 0.163 e. The lowest BCUT2D eigenvalue weighted by atomic mass is 9.98. The van der Waals surface area contributed by atoms with Gasteiger partial charge >= 0.3 is 0 Å². The van der Waals surface area contributed by atoms with Crippen molar-refractivity contribution < 1.29 is 13.5 Å². The topological polar surface area (TPSA) is 65.7 Å². The molecule has 0 spiro atoms. The van der Waals surface area contributed by atoms with Crippen LogP contribution in [0.3, 0.4) is 0 Å². The summed E-state index contributed by atoms with van der Waals surface area (Å²) in [4.78, 5) is 13.8. The zero-order valence-electron chi connectivity index (χ0n) is 20.4. The standard InChI is InChI=1S/C19H17F2N3O.C6H8N2.C2H6/c1-11-2-4-15-17(14-5-3-13(20)10-16(14)21)23-18(24-19(15)22-11)12-6-8-25-9-7-12;1-4-7-8(5-1)6-2-3-6;1-2/h2-5,10,12H,6-9H2,1H3;1,4-6H,2-3H2;1-2H3. The summed E-state index contributed by atoms with van der Waals surface area (Å²) in [5.41, 5.74) is 2.08. The third-order valence-corrected chi connectivity index (χ3v) is 5.93. The lowest BCUT2D eigenvalue weighted by Gasteiger charge is -2.21. The number of halogens is 2. The van der Waals surface area contributed by atoms with Gasteiger partial charge in [-0.1, -0.05) is 13.8 Å². The molecular formula is C27H31F2N5O. The SMILES string of the molecule is CC.Cc1ccc2c(-c3ccc(F)cc3F)nc(C3CCOCC3)nc2n1.c1cnn(C2CC2)c1. The number of ether oxygens (including phenoxy) is 1. The number of benzene rings is 1. The summed E-state index contributed by atoms with van der Waals surface area (Å²) in [5.74, 6) is -0.452. The predicted molar refractivity (Wildman–Crippen MR) is 132 cm³/mol. The van der Waals surface area contributed by atoms with Crippen molar-refractivity contribution in [2.24, 2.45) is 0 Å². The minimum absolute atomic E-state index is 0.155. The van der Waals surface area contributed by atoms with Gasteiger partial charge in [0.05, 0.1) is 11.7 Å². The number of aryl methyl sites for hydroxylation is 1. The second-order valence-corrected chi connectivity index (χ2v) is 8.48. The zero-order valence-corrected chi connectivity index (χ0v) is 20.4. The maximum Gasteiger partial charge on any atom is 0.163 e. The molecule has 1 aliphatic carbocycles. The van der Waals surface area contributed by atoms with Crippen LogP contribution in [0.25, 0.3) is 22.3 Å². The number of hydrogen-bond donors (Lipinski definition) is 0. The Bertz CT molecular complexity index is 1250. The highest BCUT2D eigenvalue weighted by Gasteiger charge is 2.23. The van der Waals surface area contributed by atoms with Gasteiger partial charge in [-0.3, -0.25) is 4.68 Å². The summed E-state index contributed by atoms with van der Waals surface area (Å²) in [6.07, 6.45) is 8.14. The van der Waals surface area contributed by atoms with Crippen molar-refractivity contribution in [2.45, 2.75) is 58.4 Å². The van der Waals surface area contributed by atoms with E-state index in [1.54, 1.807) is 0 Å². The van der Waals surface area contributed by atoms with Gasteiger partial charge in [-0.2, -0.15) is 5.10 Å². The number of aromatic nitrogens is 5. The van der Waals surface area contributed by atoms with Gasteiger partial charge in [0, 0.05) is 54.2 Å². The Morgan fingerprint density at radius 1 is 0.943 bits per heavy atom. The van der Waals surface area contributed by atoms with Crippen molar-refractivity contribution in [1.82, 2.24) is 24.7 Å². The minimum Gasteiger partial charge on any atom is -0.381 e. The number of rotatable bonds is 3. The highest BCUT2D eigenvalue weighted by Crippen LogP contribution is 2.33. The summed E-state index contributed by atoms with van der Waals surface area (Å²) in [5, 5.41) is 4.75. The first-order valence-electron chi connectivity index (χ1n) is 12.3. The molecule has 1 aliphatic heterocycles. The fourth-order valence-electron chi connectivity index (χ4n) is 3.98. The van der Waals surface area contributed by atoms with E-state index in [0.29, 0.717) is 35.8 Å². The van der Waals surface area contributed by atoms with Gasteiger partial charge in [0.25, 0.3) is 0 Å². The lowest BCUT2D eigenvalue weighted by molar-refractivity contribution is 0.0836. The Labute approximate surface area is 204 Å². The molecule has 6 nitrogen and oxygen atoms in total. The summed E-state index contributed by atoms with van der Waals surface area (Å²) in [6, 6.07) is 9.92. The summed E-state index contributed by atoms with van der Waals surface area (Å²) < 4.78 is 35.1. The molecule has 35 heavy (non-hydrogen) atoms. The van der Waals surface area contributed by atoms with Gasteiger partial charge in [0.2, 0.25) is 0 Å². The van der Waals surface area contributed by atoms with Crippen LogP contribution in [0.15, 0.2) is 48.8 Å². The van der Waals surface area contributed by atoms with Crippen molar-refractivity contribution in [1.29, 1.82) is 0 Å². The van der Waals surface area contributed by atoms with E-state index < -0.39 is 11.6 Å². The summed E-state index contributed by atoms with van der Waals surface area (Å²) in [7, 11) is 0. The first-order valence-corrected chi connectivity index (χ1v) is 12.3. The van der Waals surface area contributed by atoms with E-state index in [0.717, 1.165) is 30.6 Å². The second-order valence-electron chi connectivity index (χ2n) is 8.48. The van der Waals surface area contributed by atoms with Crippen LogP contribution in [-0.4, -0.2) is 37.9 Å². The van der Waals surface area contributed by atoms with E-state index in [9.17, 15) is 8.78 Å². The van der Waals surface area contributed by atoms with Crippen molar-refractivity contribution >= 4 is 11.0 Å². The number of fused-ring (bicyclic) bond motifs is 1. The Balaban J connectivity index is 0.000000240. The van der Waals surface area contributed by atoms with Gasteiger partial charge in [-0.05, 0) is 62.9 Å². The first-order chi connectivity index (χ1) is 17.1. The molecule has 4 heterocycles. The van der Waals surface area contributed by atoms with Crippen LogP contribution in [0.4, 0.5) is 8.78 Å². The van der Waals surface area contributed by atoms with Crippen LogP contribution >= 0.6 is 0 Å². The molecule has 6 rings (SSSR count). The molecule has 2 fully saturated rings. The average molecular weight is 480 g/mol. The Morgan fingerprint density at radius 2 is 1.71 bits per heavy atom. The van der Waals surface area contributed by atoms with Crippen molar-refractivity contribution in [2.75, 3.05) is 13.2 Å². The van der Waals surface area contributed by atoms with E-state index >= 15 is 0 Å². The van der Waals surface area contributed by atoms with Gasteiger partial charge in [-0.15, -0.1) is 0 Å². The fraction of sp³-hybridized carbons (Fsp3) is 0.407. The highest BCUT2D eigenvalue weighted by atomic mass is 19.1. The van der Waals surface area contributed by atoms with E-state index in [1.807, 2.05) is 56.0 Å². The van der Waals surface area contributed by atoms with Crippen molar-refractivity contribution in [3.05, 3.63) is 71.9 Å². The molecule has 0 unspecified atom stereocenters. The Kier molecular flexibility index (Phi) is 8.13. The quantitative estimate of drug-likeness (QED) is 0.339. The first kappa shape index (κ1) is 24.9. The molecule has 0 N–H and O–H groups in total. The molecule has 0 atom stereocenters.